The molecule has 0 bridgehead atoms. The fourth-order valence-electron chi connectivity index (χ4n) is 3.46. The van der Waals surface area contributed by atoms with Crippen molar-refractivity contribution < 1.29 is 4.42 Å². The molecule has 0 radical (unpaired) electrons. The van der Waals surface area contributed by atoms with Crippen LogP contribution in [0.15, 0.2) is 38.4 Å². The van der Waals surface area contributed by atoms with Crippen molar-refractivity contribution in [3.63, 3.8) is 0 Å². The van der Waals surface area contributed by atoms with Crippen LogP contribution in [0.4, 0.5) is 5.69 Å². The highest BCUT2D eigenvalue weighted by molar-refractivity contribution is 7.99. The summed E-state index contributed by atoms with van der Waals surface area (Å²) >= 11 is 1.78. The Morgan fingerprint density at radius 1 is 1.24 bits per heavy atom. The zero-order valence-corrected chi connectivity index (χ0v) is 12.9. The Kier molecular flexibility index (Phi) is 2.89. The quantitative estimate of drug-likeness (QED) is 0.806. The number of benzene rings is 1. The fraction of sp³-hybridized carbons (Fsp3) is 0.353. The van der Waals surface area contributed by atoms with Crippen molar-refractivity contribution in [2.75, 3.05) is 17.6 Å². The van der Waals surface area contributed by atoms with Crippen molar-refractivity contribution >= 4 is 17.4 Å². The number of anilines is 1. The summed E-state index contributed by atoms with van der Waals surface area (Å²) < 4.78 is 5.34. The van der Waals surface area contributed by atoms with Crippen molar-refractivity contribution in [2.24, 2.45) is 0 Å². The van der Waals surface area contributed by atoms with Gasteiger partial charge in [-0.05, 0) is 31.5 Å². The lowest BCUT2D eigenvalue weighted by Crippen LogP contribution is -2.33. The molecule has 0 saturated carbocycles. The van der Waals surface area contributed by atoms with Crippen LogP contribution >= 0.6 is 11.8 Å². The van der Waals surface area contributed by atoms with Crippen molar-refractivity contribution in [2.45, 2.75) is 30.6 Å². The second kappa shape index (κ2) is 4.67. The molecule has 0 fully saturated rings. The number of hydrogen-bond acceptors (Lipinski definition) is 4. The molecular weight excluding hydrogens is 282 g/mol. The number of fused-ring (bicyclic) bond motifs is 5. The topological polar surface area (TPSA) is 42.2 Å². The van der Waals surface area contributed by atoms with Gasteiger partial charge in [0, 0.05) is 34.7 Å². The molecule has 4 rings (SSSR count). The molecule has 1 aromatic carbocycles. The lowest BCUT2D eigenvalue weighted by molar-refractivity contribution is 0.444. The molecule has 0 aliphatic carbocycles. The Hall–Kier alpha value is -1.68. The summed E-state index contributed by atoms with van der Waals surface area (Å²) in [7, 11) is 0. The van der Waals surface area contributed by atoms with Gasteiger partial charge in [-0.3, -0.25) is 0 Å². The maximum absolute atomic E-state index is 12.3. The molecule has 0 saturated heterocycles. The monoisotopic (exact) mass is 299 g/mol. The van der Waals surface area contributed by atoms with E-state index < -0.39 is 0 Å². The Balaban J connectivity index is 1.86. The van der Waals surface area contributed by atoms with E-state index in [4.69, 9.17) is 4.42 Å². The molecule has 2 aliphatic rings. The summed E-state index contributed by atoms with van der Waals surface area (Å²) in [6.45, 7) is 4.76. The van der Waals surface area contributed by atoms with E-state index in [-0.39, 0.29) is 11.5 Å². The van der Waals surface area contributed by atoms with Gasteiger partial charge in [-0.25, -0.2) is 4.79 Å². The molecule has 0 amide bonds. The van der Waals surface area contributed by atoms with Crippen LogP contribution in [0.2, 0.25) is 0 Å². The predicted molar refractivity (Wildman–Crippen MR) is 85.6 cm³/mol. The molecule has 1 aromatic heterocycles. The molecule has 3 heterocycles. The molecule has 21 heavy (non-hydrogen) atoms. The van der Waals surface area contributed by atoms with Crippen molar-refractivity contribution in [1.29, 1.82) is 0 Å². The highest BCUT2D eigenvalue weighted by atomic mass is 32.2. The van der Waals surface area contributed by atoms with Crippen LogP contribution in [0, 0.1) is 13.8 Å². The summed E-state index contributed by atoms with van der Waals surface area (Å²) in [5.74, 6) is 2.33. The van der Waals surface area contributed by atoms with Gasteiger partial charge < -0.3 is 9.73 Å². The first kappa shape index (κ1) is 13.0. The van der Waals surface area contributed by atoms with Crippen LogP contribution < -0.4 is 10.9 Å². The van der Waals surface area contributed by atoms with Crippen LogP contribution in [0.25, 0.3) is 0 Å². The minimum Gasteiger partial charge on any atom is -0.428 e. The fourth-order valence-corrected chi connectivity index (χ4v) is 4.88. The molecular formula is C17H17NO2S. The van der Waals surface area contributed by atoms with Crippen molar-refractivity contribution in [1.82, 2.24) is 0 Å². The minimum absolute atomic E-state index is 0.162. The molecule has 4 heteroatoms. The number of hydrogen-bond donors (Lipinski definition) is 1. The van der Waals surface area contributed by atoms with E-state index in [1.165, 1.54) is 16.8 Å². The van der Waals surface area contributed by atoms with Gasteiger partial charge >= 0.3 is 5.63 Å². The number of aryl methyl sites for hydroxylation is 2. The molecule has 0 spiro atoms. The van der Waals surface area contributed by atoms with E-state index in [9.17, 15) is 4.79 Å². The van der Waals surface area contributed by atoms with Crippen LogP contribution in [0.1, 0.15) is 34.3 Å². The zero-order valence-electron chi connectivity index (χ0n) is 12.1. The van der Waals surface area contributed by atoms with Gasteiger partial charge in [-0.2, -0.15) is 0 Å². The van der Waals surface area contributed by atoms with Crippen molar-refractivity contribution in [3.05, 3.63) is 57.1 Å². The average molecular weight is 299 g/mol. The Labute approximate surface area is 127 Å². The van der Waals surface area contributed by atoms with E-state index in [1.54, 1.807) is 11.8 Å². The summed E-state index contributed by atoms with van der Waals surface area (Å²) in [4.78, 5) is 13.4. The van der Waals surface area contributed by atoms with E-state index in [2.05, 4.69) is 30.4 Å². The Bertz CT molecular complexity index is 781. The minimum atomic E-state index is -0.162. The predicted octanol–water partition coefficient (Wildman–Crippen LogP) is 3.66. The van der Waals surface area contributed by atoms with E-state index in [1.807, 2.05) is 13.0 Å². The standard InChI is InChI=1S/C17H17NO2S/c1-9-3-4-14-11(5-9)13-8-21-15-6-10(2)20-17(19)16(15)12(13)7-18-14/h3-6,12-13,18H,7-8H2,1-2H3/t12-,13+/m0/s1. The van der Waals surface area contributed by atoms with Gasteiger partial charge in [0.1, 0.15) is 5.76 Å². The molecule has 2 atom stereocenters. The van der Waals surface area contributed by atoms with Gasteiger partial charge in [0.15, 0.2) is 0 Å². The smallest absolute Gasteiger partial charge is 0.340 e. The summed E-state index contributed by atoms with van der Waals surface area (Å²) in [5.41, 5.74) is 4.52. The molecule has 2 aliphatic heterocycles. The van der Waals surface area contributed by atoms with Crippen molar-refractivity contribution in [3.8, 4) is 0 Å². The second-order valence-electron chi connectivity index (χ2n) is 5.92. The van der Waals surface area contributed by atoms with Crippen LogP contribution in [-0.4, -0.2) is 12.3 Å². The SMILES string of the molecule is Cc1ccc2c(c1)[C@H]1CSc3cc(C)oc(=O)c3[C@H]1CN2. The second-order valence-corrected chi connectivity index (χ2v) is 6.98. The molecule has 2 aromatic rings. The average Bonchev–Trinajstić information content (AvgIpc) is 2.45. The number of thioether (sulfide) groups is 1. The summed E-state index contributed by atoms with van der Waals surface area (Å²) in [6, 6.07) is 8.54. The maximum Gasteiger partial charge on any atom is 0.340 e. The summed E-state index contributed by atoms with van der Waals surface area (Å²) in [5, 5.41) is 3.48. The molecule has 1 N–H and O–H groups in total. The maximum atomic E-state index is 12.3. The molecule has 108 valence electrons. The first-order chi connectivity index (χ1) is 10.1. The van der Waals surface area contributed by atoms with E-state index in [0.29, 0.717) is 11.7 Å². The zero-order chi connectivity index (χ0) is 14.6. The van der Waals surface area contributed by atoms with E-state index >= 15 is 0 Å². The molecule has 3 nitrogen and oxygen atoms in total. The van der Waals surface area contributed by atoms with Crippen LogP contribution in [-0.2, 0) is 0 Å². The first-order valence-electron chi connectivity index (χ1n) is 7.25. The normalized spacial score (nSPS) is 22.8. The Morgan fingerprint density at radius 2 is 2.10 bits per heavy atom. The first-order valence-corrected chi connectivity index (χ1v) is 8.24. The largest absolute Gasteiger partial charge is 0.428 e. The van der Waals surface area contributed by atoms with Crippen LogP contribution in [0.3, 0.4) is 0 Å². The van der Waals surface area contributed by atoms with Gasteiger partial charge in [-0.15, -0.1) is 11.8 Å². The third kappa shape index (κ3) is 2.01. The third-order valence-corrected chi connectivity index (χ3v) is 5.64. The molecule has 0 unspecified atom stereocenters. The Morgan fingerprint density at radius 3 is 2.95 bits per heavy atom. The third-order valence-electron chi connectivity index (χ3n) is 4.47. The van der Waals surface area contributed by atoms with Crippen LogP contribution in [0.5, 0.6) is 0 Å². The van der Waals surface area contributed by atoms with E-state index in [0.717, 1.165) is 22.8 Å². The number of nitrogens with one attached hydrogen (secondary N) is 1. The highest BCUT2D eigenvalue weighted by Gasteiger charge is 2.37. The highest BCUT2D eigenvalue weighted by Crippen LogP contribution is 2.48. The van der Waals surface area contributed by atoms with Gasteiger partial charge in [0.2, 0.25) is 0 Å². The van der Waals surface area contributed by atoms with Gasteiger partial charge in [-0.1, -0.05) is 17.7 Å². The van der Waals surface area contributed by atoms with Gasteiger partial charge in [0.05, 0.1) is 5.56 Å². The lowest BCUT2D eigenvalue weighted by Gasteiger charge is -2.38. The lowest BCUT2D eigenvalue weighted by atomic mass is 9.79. The van der Waals surface area contributed by atoms with Gasteiger partial charge in [0.25, 0.3) is 0 Å². The summed E-state index contributed by atoms with van der Waals surface area (Å²) in [6.07, 6.45) is 0. The number of rotatable bonds is 0.